The van der Waals surface area contributed by atoms with Crippen LogP contribution in [-0.4, -0.2) is 51.1 Å². The molecule has 0 radical (unpaired) electrons. The summed E-state index contributed by atoms with van der Waals surface area (Å²) >= 11 is 1.50. The Morgan fingerprint density at radius 1 is 0.673 bits per heavy atom. The summed E-state index contributed by atoms with van der Waals surface area (Å²) in [6, 6.07) is 50.0. The molecule has 7 rings (SSSR count). The highest BCUT2D eigenvalue weighted by atomic mass is 32.2. The zero-order valence-corrected chi connectivity index (χ0v) is 28.6. The monoisotopic (exact) mass is 694 g/mol. The number of ether oxygens (including phenoxy) is 4. The summed E-state index contributed by atoms with van der Waals surface area (Å²) in [5, 5.41) is 0. The number of hydrogen-bond donors (Lipinski definition) is 0. The third-order valence-corrected chi connectivity index (χ3v) is 11.0. The van der Waals surface area contributed by atoms with E-state index < -0.39 is 51.0 Å². The van der Waals surface area contributed by atoms with Gasteiger partial charge in [0.05, 0.1) is 24.2 Å². The maximum Gasteiger partial charge on any atom is 0.264 e. The second-order valence-corrected chi connectivity index (χ2v) is 15.1. The lowest BCUT2D eigenvalue weighted by atomic mass is 9.84. The molecule has 0 spiro atoms. The molecular weight excluding hydrogens is 657 g/mol. The molecule has 0 amide bonds. The van der Waals surface area contributed by atoms with Crippen LogP contribution in [0, 0.1) is 0 Å². The van der Waals surface area contributed by atoms with Crippen molar-refractivity contribution < 1.29 is 31.5 Å². The summed E-state index contributed by atoms with van der Waals surface area (Å²) < 4.78 is 57.7. The van der Waals surface area contributed by atoms with E-state index in [1.807, 2.05) is 115 Å². The number of fused-ring (bicyclic) bond motifs is 1. The van der Waals surface area contributed by atoms with Gasteiger partial charge in [0.2, 0.25) is 0 Å². The predicted octanol–water partition coefficient (Wildman–Crippen LogP) is 7.48. The largest absolute Gasteiger partial charge is 0.368 e. The van der Waals surface area contributed by atoms with Crippen LogP contribution >= 0.6 is 11.8 Å². The minimum atomic E-state index is -3.99. The van der Waals surface area contributed by atoms with Gasteiger partial charge in [-0.05, 0) is 22.3 Å². The van der Waals surface area contributed by atoms with Crippen LogP contribution in [0.3, 0.4) is 0 Å². The SMILES string of the molecule is CS(=O)(=O)O[C@H]1[C@@H](OCc2ccccc2)[C@@H]2O[C@H](c3ccccc3)OC[C@H]2O[C@@H]1SC(c1ccccc1)(c1ccccc1)c1ccccc1. The van der Waals surface area contributed by atoms with Gasteiger partial charge in [0.15, 0.2) is 6.29 Å². The van der Waals surface area contributed by atoms with E-state index in [4.69, 9.17) is 23.1 Å². The molecular formula is C40H38O7S2. The summed E-state index contributed by atoms with van der Waals surface area (Å²) in [7, 11) is -3.99. The molecule has 5 aromatic rings. The van der Waals surface area contributed by atoms with Crippen molar-refractivity contribution in [3.63, 3.8) is 0 Å². The van der Waals surface area contributed by atoms with E-state index in [1.165, 1.54) is 11.8 Å². The lowest BCUT2D eigenvalue weighted by Gasteiger charge is -2.50. The molecule has 2 heterocycles. The van der Waals surface area contributed by atoms with E-state index in [0.29, 0.717) is 0 Å². The third-order valence-electron chi connectivity index (χ3n) is 8.76. The van der Waals surface area contributed by atoms with Gasteiger partial charge < -0.3 is 18.9 Å². The molecule has 2 aliphatic rings. The van der Waals surface area contributed by atoms with Gasteiger partial charge in [0.25, 0.3) is 10.1 Å². The Morgan fingerprint density at radius 2 is 1.16 bits per heavy atom. The quantitative estimate of drug-likeness (QED) is 0.104. The van der Waals surface area contributed by atoms with Crippen molar-refractivity contribution in [1.29, 1.82) is 0 Å². The molecule has 0 aliphatic carbocycles. The molecule has 9 heteroatoms. The van der Waals surface area contributed by atoms with E-state index in [1.54, 1.807) is 0 Å². The van der Waals surface area contributed by atoms with Gasteiger partial charge in [-0.25, -0.2) is 0 Å². The first-order chi connectivity index (χ1) is 23.9. The molecule has 2 aliphatic heterocycles. The van der Waals surface area contributed by atoms with Crippen molar-refractivity contribution in [3.8, 4) is 0 Å². The molecule has 2 fully saturated rings. The van der Waals surface area contributed by atoms with Crippen LogP contribution in [-0.2, 0) is 44.6 Å². The summed E-state index contributed by atoms with van der Waals surface area (Å²) in [6.45, 7) is 0.435. The van der Waals surface area contributed by atoms with E-state index in [2.05, 4.69) is 36.4 Å². The average molecular weight is 695 g/mol. The van der Waals surface area contributed by atoms with E-state index in [0.717, 1.165) is 34.1 Å². The normalized spacial score (nSPS) is 24.2. The van der Waals surface area contributed by atoms with Gasteiger partial charge in [-0.2, -0.15) is 8.42 Å². The van der Waals surface area contributed by atoms with Crippen LogP contribution in [0.5, 0.6) is 0 Å². The van der Waals surface area contributed by atoms with Crippen molar-refractivity contribution in [2.75, 3.05) is 12.9 Å². The Bertz CT molecular complexity index is 1780. The highest BCUT2D eigenvalue weighted by molar-refractivity contribution is 8.01. The van der Waals surface area contributed by atoms with Crippen LogP contribution in [0.15, 0.2) is 152 Å². The minimum Gasteiger partial charge on any atom is -0.368 e. The third kappa shape index (κ3) is 7.54. The smallest absolute Gasteiger partial charge is 0.264 e. The number of thioether (sulfide) groups is 1. The number of rotatable bonds is 11. The molecule has 0 N–H and O–H groups in total. The molecule has 6 atom stereocenters. The molecule has 49 heavy (non-hydrogen) atoms. The van der Waals surface area contributed by atoms with Gasteiger partial charge in [-0.3, -0.25) is 4.18 Å². The fourth-order valence-corrected chi connectivity index (χ4v) is 8.97. The fourth-order valence-electron chi connectivity index (χ4n) is 6.58. The second kappa shape index (κ2) is 15.0. The molecule has 0 saturated carbocycles. The Labute approximate surface area is 292 Å². The number of hydrogen-bond acceptors (Lipinski definition) is 8. The highest BCUT2D eigenvalue weighted by Gasteiger charge is 2.55. The topological polar surface area (TPSA) is 80.3 Å². The Hall–Kier alpha value is -3.80. The Kier molecular flexibility index (Phi) is 10.3. The summed E-state index contributed by atoms with van der Waals surface area (Å²) in [5.41, 5.74) is 3.95. The first-order valence-corrected chi connectivity index (χ1v) is 19.0. The average Bonchev–Trinajstić information content (AvgIpc) is 3.14. The van der Waals surface area contributed by atoms with Gasteiger partial charge in [-0.15, -0.1) is 11.8 Å². The van der Waals surface area contributed by atoms with Gasteiger partial charge >= 0.3 is 0 Å². The van der Waals surface area contributed by atoms with Crippen LogP contribution in [0.25, 0.3) is 0 Å². The maximum absolute atomic E-state index is 13.1. The zero-order valence-electron chi connectivity index (χ0n) is 27.0. The Balaban J connectivity index is 1.34. The molecule has 252 valence electrons. The molecule has 2 saturated heterocycles. The van der Waals surface area contributed by atoms with Crippen molar-refractivity contribution in [3.05, 3.63) is 179 Å². The standard InChI is InChI=1S/C40H38O7S2/c1-49(41,42)47-37-36(43-27-29-17-7-2-8-18-29)35-34(28-44-38(46-35)30-19-9-3-10-20-30)45-39(37)48-40(31-21-11-4-12-22-31,32-23-13-5-14-24-32)33-25-15-6-16-26-33/h2-26,34-39H,27-28H2,1H3/t34-,35-,36+,37+,38-,39-/m1/s1. The Morgan fingerprint density at radius 3 is 1.67 bits per heavy atom. The zero-order chi connectivity index (χ0) is 33.7. The van der Waals surface area contributed by atoms with Crippen LogP contribution < -0.4 is 0 Å². The summed E-state index contributed by atoms with van der Waals surface area (Å²) in [4.78, 5) is 0. The second-order valence-electron chi connectivity index (χ2n) is 12.1. The first-order valence-electron chi connectivity index (χ1n) is 16.3. The molecule has 7 nitrogen and oxygen atoms in total. The first kappa shape index (κ1) is 33.7. The van der Waals surface area contributed by atoms with Crippen molar-refractivity contribution in [2.45, 2.75) is 47.5 Å². The predicted molar refractivity (Wildman–Crippen MR) is 190 cm³/mol. The minimum absolute atomic E-state index is 0.215. The molecule has 0 unspecified atom stereocenters. The van der Waals surface area contributed by atoms with E-state index in [-0.39, 0.29) is 13.2 Å². The highest BCUT2D eigenvalue weighted by Crippen LogP contribution is 2.53. The van der Waals surface area contributed by atoms with E-state index >= 15 is 0 Å². The molecule has 0 bridgehead atoms. The van der Waals surface area contributed by atoms with Gasteiger partial charge in [0.1, 0.15) is 29.9 Å². The van der Waals surface area contributed by atoms with Crippen LogP contribution in [0.2, 0.25) is 0 Å². The summed E-state index contributed by atoms with van der Waals surface area (Å²) in [6.07, 6.45) is -2.79. The number of benzene rings is 5. The van der Waals surface area contributed by atoms with Crippen LogP contribution in [0.1, 0.15) is 34.1 Å². The van der Waals surface area contributed by atoms with Crippen molar-refractivity contribution in [2.24, 2.45) is 0 Å². The van der Waals surface area contributed by atoms with Crippen molar-refractivity contribution >= 4 is 21.9 Å². The van der Waals surface area contributed by atoms with Crippen molar-refractivity contribution in [1.82, 2.24) is 0 Å². The fraction of sp³-hybridized carbons (Fsp3) is 0.250. The van der Waals surface area contributed by atoms with Gasteiger partial charge in [0, 0.05) is 5.56 Å². The van der Waals surface area contributed by atoms with Gasteiger partial charge in [-0.1, -0.05) is 152 Å². The lowest BCUT2D eigenvalue weighted by Crippen LogP contribution is -2.63. The van der Waals surface area contributed by atoms with E-state index in [9.17, 15) is 8.42 Å². The van der Waals surface area contributed by atoms with Crippen LogP contribution in [0.4, 0.5) is 0 Å². The molecule has 5 aromatic carbocycles. The molecule has 0 aromatic heterocycles. The maximum atomic E-state index is 13.1. The lowest BCUT2D eigenvalue weighted by molar-refractivity contribution is -0.322. The summed E-state index contributed by atoms with van der Waals surface area (Å²) in [5.74, 6) is 0.